The van der Waals surface area contributed by atoms with Gasteiger partial charge in [0.2, 0.25) is 0 Å². The van der Waals surface area contributed by atoms with E-state index < -0.39 is 0 Å². The zero-order valence-corrected chi connectivity index (χ0v) is 11.1. The minimum Gasteiger partial charge on any atom is -0.373 e. The van der Waals surface area contributed by atoms with Crippen LogP contribution in [0.2, 0.25) is 0 Å². The van der Waals surface area contributed by atoms with Crippen molar-refractivity contribution in [1.29, 1.82) is 0 Å². The van der Waals surface area contributed by atoms with Crippen LogP contribution in [-0.4, -0.2) is 36.4 Å². The fraction of sp³-hybridized carbons (Fsp3) is 0.571. The monoisotopic (exact) mass is 247 g/mol. The highest BCUT2D eigenvalue weighted by Crippen LogP contribution is 2.25. The summed E-state index contributed by atoms with van der Waals surface area (Å²) in [6.07, 6.45) is 6.81. The third-order valence-electron chi connectivity index (χ3n) is 3.62. The highest BCUT2D eigenvalue weighted by Gasteiger charge is 2.20. The van der Waals surface area contributed by atoms with E-state index in [1.165, 1.54) is 25.7 Å². The maximum atomic E-state index is 12.3. The maximum Gasteiger partial charge on any atom is 0.253 e. The molecule has 4 heteroatoms. The van der Waals surface area contributed by atoms with Crippen LogP contribution >= 0.6 is 0 Å². The number of carbonyl (C=O) groups excluding carboxylic acids is 1. The SMILES string of the molecule is CNc1cc(C(=O)N(C)CC2CCCC2)ccn1. The standard InChI is InChI=1S/C14H21N3O/c1-15-13-9-12(7-8-16-13)14(18)17(2)10-11-5-3-4-6-11/h7-9,11H,3-6,10H2,1-2H3,(H,15,16). The number of nitrogens with zero attached hydrogens (tertiary/aromatic N) is 2. The molecule has 1 fully saturated rings. The van der Waals surface area contributed by atoms with Crippen LogP contribution < -0.4 is 5.32 Å². The molecule has 0 aliphatic heterocycles. The Morgan fingerprint density at radius 1 is 1.50 bits per heavy atom. The molecule has 0 aromatic carbocycles. The van der Waals surface area contributed by atoms with Crippen molar-refractivity contribution in [2.75, 3.05) is 26.0 Å². The number of amides is 1. The first-order chi connectivity index (χ1) is 8.70. The Hall–Kier alpha value is -1.58. The zero-order chi connectivity index (χ0) is 13.0. The van der Waals surface area contributed by atoms with Crippen molar-refractivity contribution in [1.82, 2.24) is 9.88 Å². The van der Waals surface area contributed by atoms with Crippen LogP contribution in [0.15, 0.2) is 18.3 Å². The molecule has 1 aliphatic rings. The smallest absolute Gasteiger partial charge is 0.253 e. The van der Waals surface area contributed by atoms with Crippen molar-refractivity contribution < 1.29 is 4.79 Å². The molecule has 0 spiro atoms. The van der Waals surface area contributed by atoms with Crippen LogP contribution in [0.25, 0.3) is 0 Å². The van der Waals surface area contributed by atoms with Crippen molar-refractivity contribution in [2.45, 2.75) is 25.7 Å². The third-order valence-corrected chi connectivity index (χ3v) is 3.62. The molecule has 1 aromatic rings. The average molecular weight is 247 g/mol. The van der Waals surface area contributed by atoms with Gasteiger partial charge in [0.05, 0.1) is 0 Å². The second kappa shape index (κ2) is 5.85. The number of pyridine rings is 1. The second-order valence-corrected chi connectivity index (χ2v) is 5.02. The summed E-state index contributed by atoms with van der Waals surface area (Å²) < 4.78 is 0. The Balaban J connectivity index is 2.00. The van der Waals surface area contributed by atoms with E-state index in [1.54, 1.807) is 25.4 Å². The van der Waals surface area contributed by atoms with Crippen LogP contribution in [0, 0.1) is 5.92 Å². The number of aromatic nitrogens is 1. The van der Waals surface area contributed by atoms with Crippen LogP contribution in [0.1, 0.15) is 36.0 Å². The van der Waals surface area contributed by atoms with E-state index in [1.807, 2.05) is 11.9 Å². The molecule has 1 aliphatic carbocycles. The normalized spacial score (nSPS) is 15.7. The predicted octanol–water partition coefficient (Wildman–Crippen LogP) is 2.39. The molecule has 0 unspecified atom stereocenters. The minimum atomic E-state index is 0.0841. The highest BCUT2D eigenvalue weighted by molar-refractivity contribution is 5.94. The van der Waals surface area contributed by atoms with Crippen molar-refractivity contribution in [3.8, 4) is 0 Å². The first-order valence-electron chi connectivity index (χ1n) is 6.60. The van der Waals surface area contributed by atoms with E-state index in [4.69, 9.17) is 0 Å². The molecule has 0 radical (unpaired) electrons. The lowest BCUT2D eigenvalue weighted by atomic mass is 10.1. The van der Waals surface area contributed by atoms with Gasteiger partial charge in [0.15, 0.2) is 0 Å². The van der Waals surface area contributed by atoms with Crippen molar-refractivity contribution in [2.24, 2.45) is 5.92 Å². The Bertz CT molecular complexity index is 413. The molecule has 98 valence electrons. The number of anilines is 1. The molecule has 4 nitrogen and oxygen atoms in total. The van der Waals surface area contributed by atoms with Gasteiger partial charge in [0.25, 0.3) is 5.91 Å². The number of hydrogen-bond acceptors (Lipinski definition) is 3. The van der Waals surface area contributed by atoms with Crippen molar-refractivity contribution in [3.63, 3.8) is 0 Å². The fourth-order valence-corrected chi connectivity index (χ4v) is 2.58. The van der Waals surface area contributed by atoms with E-state index in [9.17, 15) is 4.79 Å². The molecule has 0 atom stereocenters. The summed E-state index contributed by atoms with van der Waals surface area (Å²) in [6, 6.07) is 3.57. The Morgan fingerprint density at radius 3 is 2.89 bits per heavy atom. The summed E-state index contributed by atoms with van der Waals surface area (Å²) in [5.41, 5.74) is 0.704. The molecule has 1 aromatic heterocycles. The van der Waals surface area contributed by atoms with Gasteiger partial charge in [-0.3, -0.25) is 4.79 Å². The van der Waals surface area contributed by atoms with Gasteiger partial charge in [-0.05, 0) is 30.9 Å². The Morgan fingerprint density at radius 2 is 2.22 bits per heavy atom. The molecule has 1 saturated carbocycles. The summed E-state index contributed by atoms with van der Waals surface area (Å²) in [5.74, 6) is 1.50. The molecule has 1 amide bonds. The number of nitrogens with one attached hydrogen (secondary N) is 1. The fourth-order valence-electron chi connectivity index (χ4n) is 2.58. The quantitative estimate of drug-likeness (QED) is 0.888. The Kier molecular flexibility index (Phi) is 4.18. The van der Waals surface area contributed by atoms with Gasteiger partial charge in [0.1, 0.15) is 5.82 Å². The molecule has 18 heavy (non-hydrogen) atoms. The lowest BCUT2D eigenvalue weighted by molar-refractivity contribution is 0.0773. The number of carbonyl (C=O) groups is 1. The van der Waals surface area contributed by atoms with E-state index >= 15 is 0 Å². The zero-order valence-electron chi connectivity index (χ0n) is 11.1. The minimum absolute atomic E-state index is 0.0841. The lowest BCUT2D eigenvalue weighted by Crippen LogP contribution is -2.31. The van der Waals surface area contributed by atoms with Gasteiger partial charge in [-0.1, -0.05) is 12.8 Å². The van der Waals surface area contributed by atoms with Gasteiger partial charge >= 0.3 is 0 Å². The average Bonchev–Trinajstić information content (AvgIpc) is 2.90. The van der Waals surface area contributed by atoms with Gasteiger partial charge in [-0.15, -0.1) is 0 Å². The number of rotatable bonds is 4. The van der Waals surface area contributed by atoms with Gasteiger partial charge in [-0.25, -0.2) is 4.98 Å². The summed E-state index contributed by atoms with van der Waals surface area (Å²) in [4.78, 5) is 18.2. The molecule has 0 saturated heterocycles. The van der Waals surface area contributed by atoms with Gasteiger partial charge in [-0.2, -0.15) is 0 Å². The highest BCUT2D eigenvalue weighted by atomic mass is 16.2. The largest absolute Gasteiger partial charge is 0.373 e. The summed E-state index contributed by atoms with van der Waals surface area (Å²) in [5, 5.41) is 2.95. The van der Waals surface area contributed by atoms with Crippen molar-refractivity contribution >= 4 is 11.7 Å². The maximum absolute atomic E-state index is 12.3. The van der Waals surface area contributed by atoms with Crippen LogP contribution in [0.5, 0.6) is 0 Å². The van der Waals surface area contributed by atoms with Crippen LogP contribution in [0.4, 0.5) is 5.82 Å². The third kappa shape index (κ3) is 3.00. The van der Waals surface area contributed by atoms with Crippen molar-refractivity contribution in [3.05, 3.63) is 23.9 Å². The van der Waals surface area contributed by atoms with Gasteiger partial charge in [0, 0.05) is 32.4 Å². The second-order valence-electron chi connectivity index (χ2n) is 5.02. The topological polar surface area (TPSA) is 45.2 Å². The first-order valence-corrected chi connectivity index (χ1v) is 6.60. The van der Waals surface area contributed by atoms with Crippen LogP contribution in [-0.2, 0) is 0 Å². The van der Waals surface area contributed by atoms with Crippen LogP contribution in [0.3, 0.4) is 0 Å². The first kappa shape index (κ1) is 12.9. The summed E-state index contributed by atoms with van der Waals surface area (Å²) in [7, 11) is 3.69. The molecule has 0 bridgehead atoms. The lowest BCUT2D eigenvalue weighted by Gasteiger charge is -2.21. The Labute approximate surface area is 108 Å². The number of hydrogen-bond donors (Lipinski definition) is 1. The van der Waals surface area contributed by atoms with E-state index in [2.05, 4.69) is 10.3 Å². The van der Waals surface area contributed by atoms with E-state index in [-0.39, 0.29) is 5.91 Å². The van der Waals surface area contributed by atoms with Gasteiger partial charge < -0.3 is 10.2 Å². The summed E-state index contributed by atoms with van der Waals surface area (Å²) in [6.45, 7) is 0.871. The van der Waals surface area contributed by atoms with E-state index in [0.29, 0.717) is 11.5 Å². The molecular formula is C14H21N3O. The molecule has 1 N–H and O–H groups in total. The molecule has 1 heterocycles. The molecule has 2 rings (SSSR count). The van der Waals surface area contributed by atoms with E-state index in [0.717, 1.165) is 12.4 Å². The molecular weight excluding hydrogens is 226 g/mol. The predicted molar refractivity (Wildman–Crippen MR) is 72.7 cm³/mol. The summed E-state index contributed by atoms with van der Waals surface area (Å²) >= 11 is 0.